The van der Waals surface area contributed by atoms with Gasteiger partial charge in [0.05, 0.1) is 11.9 Å². The Hall–Kier alpha value is -2.35. The number of nitrogens with zero attached hydrogens (tertiary/aromatic N) is 2. The van der Waals surface area contributed by atoms with E-state index in [0.29, 0.717) is 11.0 Å². The van der Waals surface area contributed by atoms with E-state index in [0.717, 1.165) is 0 Å². The topological polar surface area (TPSA) is 104 Å². The summed E-state index contributed by atoms with van der Waals surface area (Å²) < 4.78 is 2.24. The molecule has 21 heavy (non-hydrogen) atoms. The van der Waals surface area contributed by atoms with Crippen molar-refractivity contribution in [3.05, 3.63) is 46.5 Å². The summed E-state index contributed by atoms with van der Waals surface area (Å²) in [4.78, 5) is 26.2. The number of hydrogen-bond acceptors (Lipinski definition) is 4. The molecule has 1 aromatic heterocycles. The van der Waals surface area contributed by atoms with Crippen molar-refractivity contribution in [3.63, 3.8) is 0 Å². The number of aromatic carboxylic acids is 1. The normalized spacial score (nSPS) is 10.3. The molecule has 1 aromatic carbocycles. The summed E-state index contributed by atoms with van der Waals surface area (Å²) in [5.74, 6) is -1.62. The number of rotatable bonds is 5. The average molecular weight is 354 g/mol. The fraction of sp³-hybridized carbons (Fsp3) is 0.154. The summed E-state index contributed by atoms with van der Waals surface area (Å²) in [6, 6.07) is 4.60. The van der Waals surface area contributed by atoms with Gasteiger partial charge < -0.3 is 20.1 Å². The van der Waals surface area contributed by atoms with Crippen molar-refractivity contribution in [1.82, 2.24) is 14.9 Å². The third kappa shape index (κ3) is 3.82. The highest BCUT2D eigenvalue weighted by Gasteiger charge is 2.11. The number of imidazole rings is 1. The summed E-state index contributed by atoms with van der Waals surface area (Å²) in [7, 11) is 0. The molecule has 3 N–H and O–H groups in total. The highest BCUT2D eigenvalue weighted by molar-refractivity contribution is 9.10. The van der Waals surface area contributed by atoms with Gasteiger partial charge in [-0.1, -0.05) is 15.9 Å². The number of carboxylic acid groups (broad SMARTS) is 1. The summed E-state index contributed by atoms with van der Waals surface area (Å²) in [6.07, 6.45) is 2.76. The quantitative estimate of drug-likeness (QED) is 0.755. The van der Waals surface area contributed by atoms with Gasteiger partial charge in [-0.25, -0.2) is 9.78 Å². The molecule has 0 bridgehead atoms. The molecule has 2 rings (SSSR count). The Balaban J connectivity index is 1.90. The van der Waals surface area contributed by atoms with E-state index in [9.17, 15) is 14.7 Å². The van der Waals surface area contributed by atoms with Crippen molar-refractivity contribution in [2.75, 3.05) is 6.54 Å². The average Bonchev–Trinajstić information content (AvgIpc) is 2.87. The Labute approximate surface area is 128 Å². The van der Waals surface area contributed by atoms with Crippen LogP contribution in [-0.2, 0) is 6.54 Å². The first-order valence-electron chi connectivity index (χ1n) is 5.99. The lowest BCUT2D eigenvalue weighted by atomic mass is 10.2. The molecule has 0 aliphatic heterocycles. The Bertz CT molecular complexity index is 684. The fourth-order valence-electron chi connectivity index (χ4n) is 1.68. The third-order valence-electron chi connectivity index (χ3n) is 2.71. The molecule has 1 amide bonds. The molecule has 1 heterocycles. The molecule has 0 aliphatic rings. The van der Waals surface area contributed by atoms with E-state index >= 15 is 0 Å². The van der Waals surface area contributed by atoms with Gasteiger partial charge in [0.25, 0.3) is 5.91 Å². The number of nitrogens with one attached hydrogen (secondary N) is 1. The second-order valence-electron chi connectivity index (χ2n) is 4.22. The van der Waals surface area contributed by atoms with Crippen LogP contribution in [0.2, 0.25) is 0 Å². The lowest BCUT2D eigenvalue weighted by Gasteiger charge is -2.07. The van der Waals surface area contributed by atoms with Crippen LogP contribution in [0.4, 0.5) is 0 Å². The van der Waals surface area contributed by atoms with Crippen molar-refractivity contribution < 1.29 is 19.8 Å². The number of hydrogen-bond donors (Lipinski definition) is 3. The molecule has 110 valence electrons. The molecule has 0 unspecified atom stereocenters. The first kappa shape index (κ1) is 15.0. The molecule has 0 fully saturated rings. The highest BCUT2D eigenvalue weighted by atomic mass is 79.9. The van der Waals surface area contributed by atoms with Crippen molar-refractivity contribution in [1.29, 1.82) is 0 Å². The maximum Gasteiger partial charge on any atom is 0.356 e. The zero-order chi connectivity index (χ0) is 15.4. The van der Waals surface area contributed by atoms with Crippen LogP contribution in [0.1, 0.15) is 20.8 Å². The van der Waals surface area contributed by atoms with Crippen LogP contribution in [-0.4, -0.2) is 38.2 Å². The number of benzene rings is 1. The minimum absolute atomic E-state index is 0.0492. The fourth-order valence-corrected chi connectivity index (χ4v) is 2.03. The Morgan fingerprint density at radius 2 is 2.14 bits per heavy atom. The van der Waals surface area contributed by atoms with Gasteiger partial charge in [-0.05, 0) is 18.2 Å². The molecular formula is C13H12BrN3O4. The van der Waals surface area contributed by atoms with Crippen LogP contribution >= 0.6 is 15.9 Å². The highest BCUT2D eigenvalue weighted by Crippen LogP contribution is 2.21. The van der Waals surface area contributed by atoms with E-state index in [1.807, 2.05) is 0 Å². The Morgan fingerprint density at radius 3 is 2.76 bits per heavy atom. The van der Waals surface area contributed by atoms with E-state index < -0.39 is 11.9 Å². The van der Waals surface area contributed by atoms with Crippen LogP contribution in [0.5, 0.6) is 5.75 Å². The molecule has 0 spiro atoms. The monoisotopic (exact) mass is 353 g/mol. The van der Waals surface area contributed by atoms with E-state index in [1.165, 1.54) is 24.7 Å². The molecule has 0 saturated heterocycles. The van der Waals surface area contributed by atoms with E-state index in [4.69, 9.17) is 5.11 Å². The SMILES string of the molecule is O=C(O)c1cn(CCNC(=O)c2ccc(Br)cc2O)cn1. The van der Waals surface area contributed by atoms with Crippen LogP contribution in [0.25, 0.3) is 0 Å². The zero-order valence-electron chi connectivity index (χ0n) is 10.8. The second-order valence-corrected chi connectivity index (χ2v) is 5.13. The summed E-state index contributed by atoms with van der Waals surface area (Å²) in [5, 5.41) is 21.0. The third-order valence-corrected chi connectivity index (χ3v) is 3.21. The Morgan fingerprint density at radius 1 is 1.38 bits per heavy atom. The van der Waals surface area contributed by atoms with E-state index in [2.05, 4.69) is 26.2 Å². The van der Waals surface area contributed by atoms with Crippen LogP contribution in [0, 0.1) is 0 Å². The first-order valence-corrected chi connectivity index (χ1v) is 6.78. The van der Waals surface area contributed by atoms with Crippen molar-refractivity contribution >= 4 is 27.8 Å². The lowest BCUT2D eigenvalue weighted by molar-refractivity contribution is 0.0690. The Kier molecular flexibility index (Phi) is 4.59. The van der Waals surface area contributed by atoms with Crippen LogP contribution < -0.4 is 5.32 Å². The van der Waals surface area contributed by atoms with Gasteiger partial charge >= 0.3 is 5.97 Å². The molecular weight excluding hydrogens is 342 g/mol. The van der Waals surface area contributed by atoms with Crippen molar-refractivity contribution in [2.45, 2.75) is 6.54 Å². The summed E-state index contributed by atoms with van der Waals surface area (Å²) in [5.41, 5.74) is 0.127. The number of phenolic OH excluding ortho intramolecular Hbond substituents is 1. The number of aromatic hydroxyl groups is 1. The standard InChI is InChI=1S/C13H12BrN3O4/c14-8-1-2-9(11(18)5-8)12(19)15-3-4-17-6-10(13(20)21)16-7-17/h1-2,5-7,18H,3-4H2,(H,15,19)(H,20,21). The largest absolute Gasteiger partial charge is 0.507 e. The van der Waals surface area contributed by atoms with Gasteiger partial charge in [0, 0.05) is 23.8 Å². The van der Waals surface area contributed by atoms with Gasteiger partial charge in [0.1, 0.15) is 5.75 Å². The molecule has 0 radical (unpaired) electrons. The molecule has 2 aromatic rings. The van der Waals surface area contributed by atoms with Crippen molar-refractivity contribution in [2.24, 2.45) is 0 Å². The molecule has 0 aliphatic carbocycles. The number of halogens is 1. The maximum absolute atomic E-state index is 11.9. The minimum atomic E-state index is -1.10. The number of phenols is 1. The van der Waals surface area contributed by atoms with Gasteiger partial charge in [-0.15, -0.1) is 0 Å². The van der Waals surface area contributed by atoms with Crippen LogP contribution in [0.3, 0.4) is 0 Å². The first-order chi connectivity index (χ1) is 9.97. The van der Waals surface area contributed by atoms with Crippen molar-refractivity contribution in [3.8, 4) is 5.75 Å². The summed E-state index contributed by atoms with van der Waals surface area (Å²) >= 11 is 3.19. The second kappa shape index (κ2) is 6.40. The lowest BCUT2D eigenvalue weighted by Crippen LogP contribution is -2.27. The van der Waals surface area contributed by atoms with Gasteiger partial charge in [0.15, 0.2) is 5.69 Å². The molecule has 0 saturated carbocycles. The van der Waals surface area contributed by atoms with Gasteiger partial charge in [0.2, 0.25) is 0 Å². The number of carbonyl (C=O) groups excluding carboxylic acids is 1. The maximum atomic E-state index is 11.9. The van der Waals surface area contributed by atoms with Gasteiger partial charge in [-0.3, -0.25) is 4.79 Å². The number of amides is 1. The molecule has 7 nitrogen and oxygen atoms in total. The molecule has 8 heteroatoms. The predicted molar refractivity (Wildman–Crippen MR) is 77.3 cm³/mol. The smallest absolute Gasteiger partial charge is 0.356 e. The predicted octanol–water partition coefficient (Wildman–Crippen LogP) is 1.48. The zero-order valence-corrected chi connectivity index (χ0v) is 12.4. The van der Waals surface area contributed by atoms with E-state index in [-0.39, 0.29) is 23.6 Å². The molecule has 0 atom stereocenters. The number of carbonyl (C=O) groups is 2. The van der Waals surface area contributed by atoms with Gasteiger partial charge in [-0.2, -0.15) is 0 Å². The summed E-state index contributed by atoms with van der Waals surface area (Å²) in [6.45, 7) is 0.660. The van der Waals surface area contributed by atoms with E-state index in [1.54, 1.807) is 10.6 Å². The van der Waals surface area contributed by atoms with Crippen LogP contribution in [0.15, 0.2) is 35.2 Å². The minimum Gasteiger partial charge on any atom is -0.507 e. The number of carboxylic acids is 1. The number of aromatic nitrogens is 2.